The monoisotopic (exact) mass is 280 g/mol. The number of hydrogen-bond acceptors (Lipinski definition) is 3. The number of aromatic nitrogens is 1. The predicted molar refractivity (Wildman–Crippen MR) is 74.1 cm³/mol. The summed E-state index contributed by atoms with van der Waals surface area (Å²) in [6.07, 6.45) is 1.70. The highest BCUT2D eigenvalue weighted by atomic mass is 35.5. The molecule has 0 aliphatic carbocycles. The predicted octanol–water partition coefficient (Wildman–Crippen LogP) is 2.79. The first-order valence-electron chi connectivity index (χ1n) is 5.92. The Labute approximate surface area is 117 Å². The van der Waals surface area contributed by atoms with Gasteiger partial charge in [0.2, 0.25) is 5.88 Å². The zero-order chi connectivity index (χ0) is 12.4. The number of hydrogen-bond donors (Lipinski definition) is 1. The van der Waals surface area contributed by atoms with Crippen LogP contribution in [0, 0.1) is 5.82 Å². The van der Waals surface area contributed by atoms with Gasteiger partial charge in [-0.3, -0.25) is 0 Å². The lowest BCUT2D eigenvalue weighted by Gasteiger charge is -2.11. The van der Waals surface area contributed by atoms with E-state index in [0.29, 0.717) is 19.0 Å². The minimum atomic E-state index is -0.236. The number of nitrogens with zero attached hydrogens (tertiary/aromatic N) is 1. The largest absolute Gasteiger partial charge is 0.476 e. The van der Waals surface area contributed by atoms with Crippen LogP contribution < -0.4 is 10.1 Å². The molecule has 0 amide bonds. The number of pyridine rings is 1. The van der Waals surface area contributed by atoms with E-state index < -0.39 is 0 Å². The summed E-state index contributed by atoms with van der Waals surface area (Å²) in [7, 11) is 0. The maximum absolute atomic E-state index is 13.3. The van der Waals surface area contributed by atoms with Crippen molar-refractivity contribution < 1.29 is 9.13 Å². The maximum atomic E-state index is 13.3. The molecule has 3 nitrogen and oxygen atoms in total. The lowest BCUT2D eigenvalue weighted by molar-refractivity contribution is 0.314. The zero-order valence-corrected chi connectivity index (χ0v) is 11.0. The van der Waals surface area contributed by atoms with Gasteiger partial charge in [-0.1, -0.05) is 12.1 Å². The van der Waals surface area contributed by atoms with Gasteiger partial charge >= 0.3 is 0 Å². The summed E-state index contributed by atoms with van der Waals surface area (Å²) in [6.45, 7) is 2.08. The molecule has 5 heteroatoms. The van der Waals surface area contributed by atoms with Gasteiger partial charge < -0.3 is 10.1 Å². The van der Waals surface area contributed by atoms with Crippen molar-refractivity contribution in [2.24, 2.45) is 0 Å². The van der Waals surface area contributed by atoms with Gasteiger partial charge in [0.1, 0.15) is 12.4 Å². The van der Waals surface area contributed by atoms with Crippen molar-refractivity contribution in [2.45, 2.75) is 6.54 Å². The Bertz CT molecular complexity index is 577. The van der Waals surface area contributed by atoms with E-state index in [4.69, 9.17) is 4.74 Å². The minimum Gasteiger partial charge on any atom is -0.476 e. The van der Waals surface area contributed by atoms with Crippen LogP contribution in [0.1, 0.15) is 5.56 Å². The lowest BCUT2D eigenvalue weighted by Crippen LogP contribution is -2.16. The second-order valence-corrected chi connectivity index (χ2v) is 4.18. The molecule has 1 aliphatic rings. The Balaban J connectivity index is 0.00000133. The van der Waals surface area contributed by atoms with Crippen LogP contribution in [0.25, 0.3) is 11.1 Å². The molecule has 1 aromatic carbocycles. The number of benzene rings is 1. The second kappa shape index (κ2) is 5.99. The van der Waals surface area contributed by atoms with E-state index in [1.165, 1.54) is 12.1 Å². The van der Waals surface area contributed by atoms with Gasteiger partial charge in [0, 0.05) is 24.8 Å². The first-order valence-corrected chi connectivity index (χ1v) is 5.92. The topological polar surface area (TPSA) is 34.2 Å². The molecule has 0 radical (unpaired) electrons. The van der Waals surface area contributed by atoms with Gasteiger partial charge in [-0.15, -0.1) is 12.4 Å². The molecule has 3 rings (SSSR count). The van der Waals surface area contributed by atoms with Gasteiger partial charge in [-0.2, -0.15) is 0 Å². The number of rotatable bonds is 1. The van der Waals surface area contributed by atoms with Gasteiger partial charge in [0.15, 0.2) is 0 Å². The SMILES string of the molecule is Cl.Fc1cccc(-c2ccnc3c2CNCCO3)c1. The highest BCUT2D eigenvalue weighted by Crippen LogP contribution is 2.30. The second-order valence-electron chi connectivity index (χ2n) is 4.18. The van der Waals surface area contributed by atoms with Crippen LogP contribution in [-0.4, -0.2) is 18.1 Å². The summed E-state index contributed by atoms with van der Waals surface area (Å²) < 4.78 is 18.9. The number of halogens is 2. The molecule has 2 heterocycles. The molecule has 100 valence electrons. The van der Waals surface area contributed by atoms with E-state index in [1.807, 2.05) is 12.1 Å². The van der Waals surface area contributed by atoms with Gasteiger partial charge in [-0.25, -0.2) is 9.37 Å². The molecule has 1 N–H and O–H groups in total. The van der Waals surface area contributed by atoms with Gasteiger partial charge in [0.05, 0.1) is 0 Å². The fourth-order valence-electron chi connectivity index (χ4n) is 2.13. The van der Waals surface area contributed by atoms with Crippen LogP contribution in [0.5, 0.6) is 5.88 Å². The Morgan fingerprint density at radius 1 is 1.26 bits per heavy atom. The Hall–Kier alpha value is -1.65. The van der Waals surface area contributed by atoms with Crippen LogP contribution in [0.2, 0.25) is 0 Å². The standard InChI is InChI=1S/C14H13FN2O.ClH/c15-11-3-1-2-10(8-11)12-4-5-17-14-13(12)9-16-6-7-18-14;/h1-5,8,16H,6-7,9H2;1H. The summed E-state index contributed by atoms with van der Waals surface area (Å²) in [6, 6.07) is 8.47. The summed E-state index contributed by atoms with van der Waals surface area (Å²) in [5.41, 5.74) is 2.80. The molecule has 0 unspecified atom stereocenters. The summed E-state index contributed by atoms with van der Waals surface area (Å²) in [4.78, 5) is 4.23. The van der Waals surface area contributed by atoms with Crippen molar-refractivity contribution in [1.82, 2.24) is 10.3 Å². The van der Waals surface area contributed by atoms with Crippen LogP contribution in [0.15, 0.2) is 36.5 Å². The van der Waals surface area contributed by atoms with Crippen molar-refractivity contribution in [1.29, 1.82) is 0 Å². The fourth-order valence-corrected chi connectivity index (χ4v) is 2.13. The molecule has 0 fully saturated rings. The van der Waals surface area contributed by atoms with Crippen molar-refractivity contribution >= 4 is 12.4 Å². The normalized spacial score (nSPS) is 13.7. The third-order valence-electron chi connectivity index (χ3n) is 2.97. The average molecular weight is 281 g/mol. The van der Waals surface area contributed by atoms with E-state index in [0.717, 1.165) is 23.2 Å². The summed E-state index contributed by atoms with van der Waals surface area (Å²) in [5, 5.41) is 3.27. The quantitative estimate of drug-likeness (QED) is 0.872. The average Bonchev–Trinajstić information content (AvgIpc) is 2.63. The highest BCUT2D eigenvalue weighted by Gasteiger charge is 2.15. The molecule has 0 saturated heterocycles. The first kappa shape index (κ1) is 13.8. The van der Waals surface area contributed by atoms with Crippen LogP contribution in [0.4, 0.5) is 4.39 Å². The molecular formula is C14H14ClFN2O. The van der Waals surface area contributed by atoms with Crippen LogP contribution >= 0.6 is 12.4 Å². The van der Waals surface area contributed by atoms with Crippen molar-refractivity contribution in [3.8, 4) is 17.0 Å². The summed E-state index contributed by atoms with van der Waals surface area (Å²) in [5.74, 6) is 0.405. The third-order valence-corrected chi connectivity index (χ3v) is 2.97. The van der Waals surface area contributed by atoms with Crippen LogP contribution in [0.3, 0.4) is 0 Å². The van der Waals surface area contributed by atoms with Gasteiger partial charge in [-0.05, 0) is 29.3 Å². The smallest absolute Gasteiger partial charge is 0.218 e. The highest BCUT2D eigenvalue weighted by molar-refractivity contribution is 5.85. The number of ether oxygens (including phenoxy) is 1. The molecule has 1 aromatic heterocycles. The molecule has 0 bridgehead atoms. The molecule has 2 aromatic rings. The van der Waals surface area contributed by atoms with Crippen molar-refractivity contribution in [3.05, 3.63) is 47.9 Å². The van der Waals surface area contributed by atoms with E-state index in [-0.39, 0.29) is 18.2 Å². The van der Waals surface area contributed by atoms with E-state index in [9.17, 15) is 4.39 Å². The van der Waals surface area contributed by atoms with E-state index in [1.54, 1.807) is 12.3 Å². The van der Waals surface area contributed by atoms with Crippen LogP contribution in [-0.2, 0) is 6.54 Å². The molecule has 19 heavy (non-hydrogen) atoms. The van der Waals surface area contributed by atoms with E-state index >= 15 is 0 Å². The Morgan fingerprint density at radius 2 is 2.16 bits per heavy atom. The Kier molecular flexibility index (Phi) is 4.35. The fraction of sp³-hybridized carbons (Fsp3) is 0.214. The van der Waals surface area contributed by atoms with Crippen molar-refractivity contribution in [3.63, 3.8) is 0 Å². The summed E-state index contributed by atoms with van der Waals surface area (Å²) >= 11 is 0. The number of fused-ring (bicyclic) bond motifs is 1. The zero-order valence-electron chi connectivity index (χ0n) is 10.2. The van der Waals surface area contributed by atoms with Gasteiger partial charge in [0.25, 0.3) is 0 Å². The molecule has 0 spiro atoms. The molecule has 1 aliphatic heterocycles. The first-order chi connectivity index (χ1) is 8.84. The maximum Gasteiger partial charge on any atom is 0.218 e. The molecule has 0 saturated carbocycles. The number of nitrogens with one attached hydrogen (secondary N) is 1. The van der Waals surface area contributed by atoms with E-state index in [2.05, 4.69) is 10.3 Å². The Morgan fingerprint density at radius 3 is 3.00 bits per heavy atom. The molecular weight excluding hydrogens is 267 g/mol. The molecule has 0 atom stereocenters. The van der Waals surface area contributed by atoms with Crippen molar-refractivity contribution in [2.75, 3.05) is 13.2 Å². The minimum absolute atomic E-state index is 0. The lowest BCUT2D eigenvalue weighted by atomic mass is 10.0. The third kappa shape index (κ3) is 2.85.